The smallest absolute Gasteiger partial charge is 0.209 e. The van der Waals surface area contributed by atoms with Crippen molar-refractivity contribution in [1.82, 2.24) is 9.80 Å². The summed E-state index contributed by atoms with van der Waals surface area (Å²) in [6, 6.07) is 1.95. The lowest BCUT2D eigenvalue weighted by molar-refractivity contribution is -0.120. The topological polar surface area (TPSA) is 23.6 Å². The lowest BCUT2D eigenvalue weighted by atomic mass is 9.97. The van der Waals surface area contributed by atoms with E-state index in [9.17, 15) is 4.79 Å². The molecule has 2 heterocycles. The van der Waals surface area contributed by atoms with Gasteiger partial charge in [-0.2, -0.15) is 0 Å². The highest BCUT2D eigenvalue weighted by Gasteiger charge is 2.39. The summed E-state index contributed by atoms with van der Waals surface area (Å²) in [7, 11) is 4.13. The van der Waals surface area contributed by atoms with Crippen molar-refractivity contribution in [2.45, 2.75) is 43.8 Å². The Labute approximate surface area is 79.7 Å². The molecule has 2 saturated heterocycles. The van der Waals surface area contributed by atoms with Crippen LogP contribution in [0.15, 0.2) is 0 Å². The summed E-state index contributed by atoms with van der Waals surface area (Å²) >= 11 is 0. The SMILES string of the molecule is CN(C=O)C1CC2CCC(C1)N2C. The van der Waals surface area contributed by atoms with E-state index in [2.05, 4.69) is 11.9 Å². The summed E-state index contributed by atoms with van der Waals surface area (Å²) in [5.74, 6) is 0. The minimum absolute atomic E-state index is 0.492. The van der Waals surface area contributed by atoms with Crippen LogP contribution in [-0.4, -0.2) is 48.4 Å². The molecule has 0 aromatic carbocycles. The second-order valence-corrected chi connectivity index (χ2v) is 4.45. The lowest BCUT2D eigenvalue weighted by Crippen LogP contribution is -2.47. The molecule has 0 aromatic rings. The number of nitrogens with zero attached hydrogens (tertiary/aromatic N) is 2. The van der Waals surface area contributed by atoms with Crippen LogP contribution in [0.3, 0.4) is 0 Å². The number of amides is 1. The van der Waals surface area contributed by atoms with Crippen molar-refractivity contribution in [3.63, 3.8) is 0 Å². The fourth-order valence-electron chi connectivity index (χ4n) is 2.80. The zero-order valence-corrected chi connectivity index (χ0v) is 8.44. The highest BCUT2D eigenvalue weighted by Crippen LogP contribution is 2.35. The van der Waals surface area contributed by atoms with E-state index in [1.807, 2.05) is 11.9 Å². The van der Waals surface area contributed by atoms with Crippen LogP contribution in [0.25, 0.3) is 0 Å². The number of hydrogen-bond acceptors (Lipinski definition) is 2. The third kappa shape index (κ3) is 1.46. The zero-order valence-electron chi connectivity index (χ0n) is 8.44. The molecule has 2 fully saturated rings. The van der Waals surface area contributed by atoms with Crippen LogP contribution in [0.2, 0.25) is 0 Å². The Bertz CT molecular complexity index is 193. The van der Waals surface area contributed by atoms with Gasteiger partial charge in [0.05, 0.1) is 0 Å². The predicted molar refractivity (Wildman–Crippen MR) is 51.4 cm³/mol. The number of rotatable bonds is 2. The quantitative estimate of drug-likeness (QED) is 0.587. The molecular formula is C10H18N2O. The predicted octanol–water partition coefficient (Wildman–Crippen LogP) is 0.700. The highest BCUT2D eigenvalue weighted by molar-refractivity contribution is 5.47. The summed E-state index contributed by atoms with van der Waals surface area (Å²) in [4.78, 5) is 15.0. The fraction of sp³-hybridized carbons (Fsp3) is 0.900. The van der Waals surface area contributed by atoms with Crippen molar-refractivity contribution in [3.05, 3.63) is 0 Å². The minimum atomic E-state index is 0.492. The Morgan fingerprint density at radius 1 is 1.31 bits per heavy atom. The van der Waals surface area contributed by atoms with E-state index in [1.54, 1.807) is 0 Å². The second-order valence-electron chi connectivity index (χ2n) is 4.45. The Hall–Kier alpha value is -0.570. The van der Waals surface area contributed by atoms with Gasteiger partial charge in [-0.25, -0.2) is 0 Å². The molecule has 1 amide bonds. The van der Waals surface area contributed by atoms with Gasteiger partial charge in [0, 0.05) is 25.2 Å². The molecule has 3 heteroatoms. The lowest BCUT2D eigenvalue weighted by Gasteiger charge is -2.39. The van der Waals surface area contributed by atoms with Crippen LogP contribution in [0.1, 0.15) is 25.7 Å². The van der Waals surface area contributed by atoms with Gasteiger partial charge in [-0.3, -0.25) is 4.79 Å². The Balaban J connectivity index is 2.02. The molecule has 0 radical (unpaired) electrons. The van der Waals surface area contributed by atoms with Crippen molar-refractivity contribution in [3.8, 4) is 0 Å². The van der Waals surface area contributed by atoms with Gasteiger partial charge >= 0.3 is 0 Å². The van der Waals surface area contributed by atoms with Crippen molar-refractivity contribution < 1.29 is 4.79 Å². The third-order valence-corrected chi connectivity index (χ3v) is 3.82. The van der Waals surface area contributed by atoms with Gasteiger partial charge in [-0.1, -0.05) is 0 Å². The molecule has 2 bridgehead atoms. The van der Waals surface area contributed by atoms with Gasteiger partial charge in [-0.15, -0.1) is 0 Å². The minimum Gasteiger partial charge on any atom is -0.345 e. The van der Waals surface area contributed by atoms with Gasteiger partial charge in [-0.05, 0) is 32.7 Å². The molecule has 0 spiro atoms. The van der Waals surface area contributed by atoms with Crippen molar-refractivity contribution >= 4 is 6.41 Å². The van der Waals surface area contributed by atoms with Gasteiger partial charge < -0.3 is 9.80 Å². The van der Waals surface area contributed by atoms with Crippen LogP contribution < -0.4 is 0 Å². The summed E-state index contributed by atoms with van der Waals surface area (Å²) in [6.07, 6.45) is 5.95. The molecule has 13 heavy (non-hydrogen) atoms. The normalized spacial score (nSPS) is 39.1. The highest BCUT2D eigenvalue weighted by atomic mass is 16.1. The van der Waals surface area contributed by atoms with E-state index in [-0.39, 0.29) is 0 Å². The first-order chi connectivity index (χ1) is 6.22. The molecule has 0 saturated carbocycles. The second kappa shape index (κ2) is 3.29. The molecule has 0 N–H and O–H groups in total. The average Bonchev–Trinajstić information content (AvgIpc) is 2.42. The number of carbonyl (C=O) groups is 1. The van der Waals surface area contributed by atoms with Crippen LogP contribution in [0, 0.1) is 0 Å². The van der Waals surface area contributed by atoms with E-state index in [1.165, 1.54) is 25.7 Å². The Morgan fingerprint density at radius 3 is 2.31 bits per heavy atom. The molecule has 2 rings (SSSR count). The third-order valence-electron chi connectivity index (χ3n) is 3.82. The fourth-order valence-corrected chi connectivity index (χ4v) is 2.80. The average molecular weight is 182 g/mol. The summed E-state index contributed by atoms with van der Waals surface area (Å²) in [6.45, 7) is 0. The molecule has 2 aliphatic rings. The molecular weight excluding hydrogens is 164 g/mol. The van der Waals surface area contributed by atoms with Crippen molar-refractivity contribution in [2.24, 2.45) is 0 Å². The maximum Gasteiger partial charge on any atom is 0.209 e. The number of fused-ring (bicyclic) bond motifs is 2. The summed E-state index contributed by atoms with van der Waals surface area (Å²) in [5.41, 5.74) is 0. The molecule has 74 valence electrons. The molecule has 2 atom stereocenters. The molecule has 0 aliphatic carbocycles. The van der Waals surface area contributed by atoms with Gasteiger partial charge in [0.1, 0.15) is 0 Å². The van der Waals surface area contributed by atoms with E-state index < -0.39 is 0 Å². The van der Waals surface area contributed by atoms with Crippen LogP contribution >= 0.6 is 0 Å². The molecule has 2 aliphatic heterocycles. The first-order valence-electron chi connectivity index (χ1n) is 5.11. The van der Waals surface area contributed by atoms with Gasteiger partial charge in [0.15, 0.2) is 0 Å². The zero-order chi connectivity index (χ0) is 9.42. The van der Waals surface area contributed by atoms with Crippen molar-refractivity contribution in [1.29, 1.82) is 0 Å². The van der Waals surface area contributed by atoms with Crippen molar-refractivity contribution in [2.75, 3.05) is 14.1 Å². The largest absolute Gasteiger partial charge is 0.345 e. The van der Waals surface area contributed by atoms with E-state index in [0.29, 0.717) is 6.04 Å². The molecule has 2 unspecified atom stereocenters. The first kappa shape index (κ1) is 9.00. The molecule has 3 nitrogen and oxygen atoms in total. The van der Waals surface area contributed by atoms with Gasteiger partial charge in [0.2, 0.25) is 6.41 Å². The van der Waals surface area contributed by atoms with E-state index in [4.69, 9.17) is 0 Å². The van der Waals surface area contributed by atoms with Crippen LogP contribution in [0.4, 0.5) is 0 Å². The Kier molecular flexibility index (Phi) is 2.28. The number of carbonyl (C=O) groups excluding carboxylic acids is 1. The molecule has 0 aromatic heterocycles. The summed E-state index contributed by atoms with van der Waals surface area (Å²) in [5, 5.41) is 0. The van der Waals surface area contributed by atoms with Crippen LogP contribution in [-0.2, 0) is 4.79 Å². The number of hydrogen-bond donors (Lipinski definition) is 0. The maximum absolute atomic E-state index is 10.6. The maximum atomic E-state index is 10.6. The summed E-state index contributed by atoms with van der Waals surface area (Å²) < 4.78 is 0. The monoisotopic (exact) mass is 182 g/mol. The van der Waals surface area contributed by atoms with E-state index in [0.717, 1.165) is 18.5 Å². The van der Waals surface area contributed by atoms with E-state index >= 15 is 0 Å². The number of piperidine rings is 1. The van der Waals surface area contributed by atoms with Crippen LogP contribution in [0.5, 0.6) is 0 Å². The standard InChI is InChI=1S/C10H18N2O/c1-11(7-13)10-5-8-3-4-9(6-10)12(8)2/h7-10H,3-6H2,1-2H3. The Morgan fingerprint density at radius 2 is 1.85 bits per heavy atom. The van der Waals surface area contributed by atoms with Gasteiger partial charge in [0.25, 0.3) is 0 Å². The first-order valence-corrected chi connectivity index (χ1v) is 5.11.